The summed E-state index contributed by atoms with van der Waals surface area (Å²) in [4.78, 5) is 20.0. The summed E-state index contributed by atoms with van der Waals surface area (Å²) < 4.78 is 5.91. The normalized spacial score (nSPS) is 10.2. The Morgan fingerprint density at radius 1 is 1.08 bits per heavy atom. The molecule has 2 aromatic carbocycles. The number of aryl methyl sites for hydroxylation is 2. The van der Waals surface area contributed by atoms with Gasteiger partial charge in [0.25, 0.3) is 5.91 Å². The number of benzene rings is 2. The van der Waals surface area contributed by atoms with Crippen LogP contribution in [0.1, 0.15) is 21.6 Å². The molecule has 5 nitrogen and oxygen atoms in total. The molecule has 0 saturated heterocycles. The molecule has 0 aliphatic heterocycles. The van der Waals surface area contributed by atoms with Crippen molar-refractivity contribution in [3.05, 3.63) is 77.9 Å². The lowest BCUT2D eigenvalue weighted by Crippen LogP contribution is -2.13. The average Bonchev–Trinajstić information content (AvgIpc) is 2.58. The van der Waals surface area contributed by atoms with Gasteiger partial charge in [0, 0.05) is 24.1 Å². The molecule has 3 rings (SSSR count). The molecule has 0 radical (unpaired) electrons. The van der Waals surface area contributed by atoms with E-state index in [-0.39, 0.29) is 11.6 Å². The van der Waals surface area contributed by atoms with Crippen molar-refractivity contribution in [2.45, 2.75) is 13.8 Å². The summed E-state index contributed by atoms with van der Waals surface area (Å²) in [6.45, 7) is 4.04. The molecule has 3 aromatic rings. The zero-order valence-electron chi connectivity index (χ0n) is 13.5. The molecule has 0 fully saturated rings. The van der Waals surface area contributed by atoms with E-state index in [2.05, 4.69) is 21.4 Å². The van der Waals surface area contributed by atoms with Gasteiger partial charge in [-0.25, -0.2) is 4.98 Å². The molecule has 0 spiro atoms. The van der Waals surface area contributed by atoms with E-state index in [1.165, 1.54) is 24.2 Å². The van der Waals surface area contributed by atoms with Crippen molar-refractivity contribution in [2.24, 2.45) is 0 Å². The monoisotopic (exact) mass is 319 g/mol. The summed E-state index contributed by atoms with van der Waals surface area (Å²) in [5, 5.41) is 2.79. The predicted octanol–water partition coefficient (Wildman–Crippen LogP) is 4.14. The van der Waals surface area contributed by atoms with Gasteiger partial charge < -0.3 is 10.1 Å². The van der Waals surface area contributed by atoms with Crippen LogP contribution in [-0.2, 0) is 0 Å². The maximum atomic E-state index is 12.1. The second-order valence-electron chi connectivity index (χ2n) is 5.44. The third kappa shape index (κ3) is 3.76. The molecule has 0 unspecified atom stereocenters. The highest BCUT2D eigenvalue weighted by Crippen LogP contribution is 2.27. The lowest BCUT2D eigenvalue weighted by molar-refractivity contribution is 0.102. The van der Waals surface area contributed by atoms with Crippen LogP contribution in [0.15, 0.2) is 61.1 Å². The molecule has 1 aromatic heterocycles. The van der Waals surface area contributed by atoms with Crippen molar-refractivity contribution < 1.29 is 9.53 Å². The maximum Gasteiger partial charge on any atom is 0.275 e. The van der Waals surface area contributed by atoms with E-state index >= 15 is 0 Å². The predicted molar refractivity (Wildman–Crippen MR) is 92.4 cm³/mol. The Kier molecular flexibility index (Phi) is 4.52. The minimum Gasteiger partial charge on any atom is -0.457 e. The van der Waals surface area contributed by atoms with E-state index in [4.69, 9.17) is 4.74 Å². The SMILES string of the molecule is Cc1ccc(Oc2cccc(NC(=O)c3cnccn3)c2)c(C)c1. The van der Waals surface area contributed by atoms with Crippen LogP contribution >= 0.6 is 0 Å². The van der Waals surface area contributed by atoms with Crippen LogP contribution in [0.3, 0.4) is 0 Å². The van der Waals surface area contributed by atoms with Gasteiger partial charge in [-0.3, -0.25) is 9.78 Å². The van der Waals surface area contributed by atoms with E-state index in [0.717, 1.165) is 11.3 Å². The number of carbonyl (C=O) groups excluding carboxylic acids is 1. The fourth-order valence-electron chi connectivity index (χ4n) is 2.29. The first kappa shape index (κ1) is 15.7. The summed E-state index contributed by atoms with van der Waals surface area (Å²) in [6.07, 6.45) is 4.43. The molecule has 24 heavy (non-hydrogen) atoms. The number of ether oxygens (including phenoxy) is 1. The minimum atomic E-state index is -0.313. The largest absolute Gasteiger partial charge is 0.457 e. The van der Waals surface area contributed by atoms with Crippen molar-refractivity contribution in [3.63, 3.8) is 0 Å². The van der Waals surface area contributed by atoms with E-state index in [1.807, 2.05) is 38.1 Å². The Balaban J connectivity index is 1.75. The Hall–Kier alpha value is -3.21. The number of rotatable bonds is 4. The van der Waals surface area contributed by atoms with E-state index in [1.54, 1.807) is 12.1 Å². The highest BCUT2D eigenvalue weighted by Gasteiger charge is 2.08. The molecule has 0 bridgehead atoms. The Morgan fingerprint density at radius 2 is 1.96 bits per heavy atom. The standard InChI is InChI=1S/C19H17N3O2/c1-13-6-7-18(14(2)10-13)24-16-5-3-4-15(11-16)22-19(23)17-12-20-8-9-21-17/h3-12H,1-2H3,(H,22,23). The number of carbonyl (C=O) groups is 1. The number of hydrogen-bond donors (Lipinski definition) is 1. The molecule has 0 saturated carbocycles. The zero-order chi connectivity index (χ0) is 16.9. The first-order chi connectivity index (χ1) is 11.6. The molecule has 1 heterocycles. The molecule has 0 atom stereocenters. The first-order valence-corrected chi connectivity index (χ1v) is 7.54. The summed E-state index contributed by atoms with van der Waals surface area (Å²) in [5.74, 6) is 1.13. The topological polar surface area (TPSA) is 64.1 Å². The van der Waals surface area contributed by atoms with Crippen LogP contribution < -0.4 is 10.1 Å². The number of nitrogens with one attached hydrogen (secondary N) is 1. The Morgan fingerprint density at radius 3 is 2.71 bits per heavy atom. The first-order valence-electron chi connectivity index (χ1n) is 7.54. The van der Waals surface area contributed by atoms with Gasteiger partial charge in [-0.05, 0) is 37.6 Å². The van der Waals surface area contributed by atoms with Crippen molar-refractivity contribution >= 4 is 11.6 Å². The third-order valence-corrected chi connectivity index (χ3v) is 3.45. The summed E-state index contributed by atoms with van der Waals surface area (Å²) >= 11 is 0. The molecular weight excluding hydrogens is 302 g/mol. The van der Waals surface area contributed by atoms with Crippen molar-refractivity contribution in [1.82, 2.24) is 9.97 Å². The molecule has 0 aliphatic rings. The molecule has 1 amide bonds. The number of hydrogen-bond acceptors (Lipinski definition) is 4. The highest BCUT2D eigenvalue weighted by molar-refractivity contribution is 6.02. The Bertz CT molecular complexity index is 863. The van der Waals surface area contributed by atoms with E-state index in [9.17, 15) is 4.79 Å². The van der Waals surface area contributed by atoms with Gasteiger partial charge in [-0.2, -0.15) is 0 Å². The quantitative estimate of drug-likeness (QED) is 0.785. The highest BCUT2D eigenvalue weighted by atomic mass is 16.5. The van der Waals surface area contributed by atoms with Gasteiger partial charge in [-0.1, -0.05) is 23.8 Å². The summed E-state index contributed by atoms with van der Waals surface area (Å²) in [7, 11) is 0. The van der Waals surface area contributed by atoms with Crippen LogP contribution in [0.4, 0.5) is 5.69 Å². The third-order valence-electron chi connectivity index (χ3n) is 3.45. The molecule has 5 heteroatoms. The van der Waals surface area contributed by atoms with Gasteiger partial charge in [0.15, 0.2) is 0 Å². The zero-order valence-corrected chi connectivity index (χ0v) is 13.5. The molecule has 120 valence electrons. The van der Waals surface area contributed by atoms with Crippen LogP contribution in [-0.4, -0.2) is 15.9 Å². The van der Waals surface area contributed by atoms with Crippen LogP contribution in [0.2, 0.25) is 0 Å². The van der Waals surface area contributed by atoms with Crippen molar-refractivity contribution in [3.8, 4) is 11.5 Å². The second-order valence-corrected chi connectivity index (χ2v) is 5.44. The van der Waals surface area contributed by atoms with Gasteiger partial charge in [-0.15, -0.1) is 0 Å². The lowest BCUT2D eigenvalue weighted by Gasteiger charge is -2.11. The number of aromatic nitrogens is 2. The smallest absolute Gasteiger partial charge is 0.275 e. The van der Waals surface area contributed by atoms with Crippen LogP contribution in [0.5, 0.6) is 11.5 Å². The van der Waals surface area contributed by atoms with Gasteiger partial charge in [0.05, 0.1) is 6.20 Å². The van der Waals surface area contributed by atoms with Crippen molar-refractivity contribution in [2.75, 3.05) is 5.32 Å². The number of anilines is 1. The lowest BCUT2D eigenvalue weighted by atomic mass is 10.1. The average molecular weight is 319 g/mol. The summed E-state index contributed by atoms with van der Waals surface area (Å²) in [5.41, 5.74) is 3.14. The second kappa shape index (κ2) is 6.91. The number of amides is 1. The van der Waals surface area contributed by atoms with E-state index in [0.29, 0.717) is 11.4 Å². The van der Waals surface area contributed by atoms with Crippen LogP contribution in [0.25, 0.3) is 0 Å². The summed E-state index contributed by atoms with van der Waals surface area (Å²) in [6, 6.07) is 13.2. The molecule has 1 N–H and O–H groups in total. The number of nitrogens with zero attached hydrogens (tertiary/aromatic N) is 2. The minimum absolute atomic E-state index is 0.262. The van der Waals surface area contributed by atoms with Gasteiger partial charge >= 0.3 is 0 Å². The van der Waals surface area contributed by atoms with E-state index < -0.39 is 0 Å². The van der Waals surface area contributed by atoms with Crippen molar-refractivity contribution in [1.29, 1.82) is 0 Å². The maximum absolute atomic E-state index is 12.1. The molecular formula is C19H17N3O2. The Labute approximate surface area is 140 Å². The molecule has 0 aliphatic carbocycles. The van der Waals surface area contributed by atoms with Gasteiger partial charge in [0.1, 0.15) is 17.2 Å². The fraction of sp³-hybridized carbons (Fsp3) is 0.105. The van der Waals surface area contributed by atoms with Crippen LogP contribution in [0, 0.1) is 13.8 Å². The van der Waals surface area contributed by atoms with Gasteiger partial charge in [0.2, 0.25) is 0 Å². The fourth-order valence-corrected chi connectivity index (χ4v) is 2.29.